The van der Waals surface area contributed by atoms with Crippen LogP contribution >= 0.6 is 0 Å². The minimum Gasteiger partial charge on any atom is -0.480 e. The van der Waals surface area contributed by atoms with Gasteiger partial charge in [-0.15, -0.1) is 0 Å². The van der Waals surface area contributed by atoms with E-state index in [4.69, 9.17) is 5.11 Å². The van der Waals surface area contributed by atoms with Crippen molar-refractivity contribution in [1.29, 1.82) is 0 Å². The van der Waals surface area contributed by atoms with Gasteiger partial charge in [-0.1, -0.05) is 30.3 Å². The lowest BCUT2D eigenvalue weighted by molar-refractivity contribution is -0.139. The molecule has 0 radical (unpaired) electrons. The fourth-order valence-electron chi connectivity index (χ4n) is 2.07. The van der Waals surface area contributed by atoms with Gasteiger partial charge in [0.1, 0.15) is 6.04 Å². The molecule has 1 fully saturated rings. The van der Waals surface area contributed by atoms with E-state index in [1.54, 1.807) is 0 Å². The van der Waals surface area contributed by atoms with Crippen molar-refractivity contribution in [3.63, 3.8) is 0 Å². The van der Waals surface area contributed by atoms with Crippen LogP contribution in [0.2, 0.25) is 0 Å². The quantitative estimate of drug-likeness (QED) is 0.785. The fourth-order valence-corrected chi connectivity index (χ4v) is 2.07. The molecule has 0 bridgehead atoms. The fraction of sp³-hybridized carbons (Fsp3) is 0.417. The van der Waals surface area contributed by atoms with E-state index in [1.165, 1.54) is 5.56 Å². The average Bonchev–Trinajstić information content (AvgIpc) is 2.68. The van der Waals surface area contributed by atoms with E-state index in [9.17, 15) is 4.79 Å². The lowest BCUT2D eigenvalue weighted by Crippen LogP contribution is -2.36. The van der Waals surface area contributed by atoms with Crippen LogP contribution < -0.4 is 5.32 Å². The largest absolute Gasteiger partial charge is 0.480 e. The highest BCUT2D eigenvalue weighted by Crippen LogP contribution is 2.16. The number of aliphatic carboxylic acids is 1. The molecule has 0 saturated carbocycles. The molecule has 2 rings (SSSR count). The number of carboxylic acids is 1. The molecule has 1 heterocycles. The van der Waals surface area contributed by atoms with E-state index in [0.717, 1.165) is 19.3 Å². The third-order valence-corrected chi connectivity index (χ3v) is 2.86. The summed E-state index contributed by atoms with van der Waals surface area (Å²) in [6.07, 6.45) is 2.61. The van der Waals surface area contributed by atoms with Crippen molar-refractivity contribution in [3.8, 4) is 0 Å². The van der Waals surface area contributed by atoms with Gasteiger partial charge < -0.3 is 10.4 Å². The first-order valence-corrected chi connectivity index (χ1v) is 5.28. The van der Waals surface area contributed by atoms with Gasteiger partial charge in [0.05, 0.1) is 0 Å². The molecular weight excluding hydrogens is 190 g/mol. The molecule has 0 aromatic heterocycles. The van der Waals surface area contributed by atoms with Gasteiger partial charge in [0.25, 0.3) is 0 Å². The van der Waals surface area contributed by atoms with Crippen LogP contribution in [0.5, 0.6) is 0 Å². The van der Waals surface area contributed by atoms with Gasteiger partial charge in [-0.25, -0.2) is 0 Å². The summed E-state index contributed by atoms with van der Waals surface area (Å²) < 4.78 is 0. The third kappa shape index (κ3) is 2.57. The summed E-state index contributed by atoms with van der Waals surface area (Å²) in [4.78, 5) is 10.7. The number of hydrogen-bond acceptors (Lipinski definition) is 2. The topological polar surface area (TPSA) is 49.3 Å². The van der Waals surface area contributed by atoms with Crippen LogP contribution in [0, 0.1) is 0 Å². The predicted octanol–water partition coefficient (Wildman–Crippen LogP) is 1.43. The zero-order valence-corrected chi connectivity index (χ0v) is 8.52. The Morgan fingerprint density at radius 2 is 2.07 bits per heavy atom. The van der Waals surface area contributed by atoms with Crippen LogP contribution in [0.3, 0.4) is 0 Å². The Bertz CT molecular complexity index is 337. The van der Waals surface area contributed by atoms with Crippen LogP contribution in [-0.2, 0) is 11.2 Å². The van der Waals surface area contributed by atoms with Gasteiger partial charge >= 0.3 is 5.97 Å². The standard InChI is InChI=1S/C12H15NO2/c14-12(15)11-7-6-10(13-11)8-9-4-2-1-3-5-9/h1-5,10-11,13H,6-8H2,(H,14,15)/t10-,11+/m0/s1. The molecule has 2 atom stereocenters. The van der Waals surface area contributed by atoms with E-state index in [0.29, 0.717) is 6.04 Å². The average molecular weight is 205 g/mol. The molecule has 1 aliphatic heterocycles. The minimum absolute atomic E-state index is 0.313. The van der Waals surface area contributed by atoms with Gasteiger partial charge in [-0.05, 0) is 24.8 Å². The van der Waals surface area contributed by atoms with Crippen molar-refractivity contribution in [2.75, 3.05) is 0 Å². The zero-order chi connectivity index (χ0) is 10.7. The molecule has 0 amide bonds. The first kappa shape index (κ1) is 10.2. The molecule has 1 aliphatic rings. The molecule has 1 saturated heterocycles. The van der Waals surface area contributed by atoms with Crippen LogP contribution in [-0.4, -0.2) is 23.2 Å². The number of hydrogen-bond donors (Lipinski definition) is 2. The first-order chi connectivity index (χ1) is 7.25. The van der Waals surface area contributed by atoms with E-state index in [2.05, 4.69) is 17.4 Å². The molecule has 0 aliphatic carbocycles. The van der Waals surface area contributed by atoms with E-state index in [-0.39, 0.29) is 6.04 Å². The summed E-state index contributed by atoms with van der Waals surface area (Å²) >= 11 is 0. The summed E-state index contributed by atoms with van der Waals surface area (Å²) in [5, 5.41) is 12.0. The summed E-state index contributed by atoms with van der Waals surface area (Å²) in [6, 6.07) is 10.1. The number of rotatable bonds is 3. The Morgan fingerprint density at radius 3 is 2.67 bits per heavy atom. The molecule has 15 heavy (non-hydrogen) atoms. The molecule has 0 unspecified atom stereocenters. The number of nitrogens with one attached hydrogen (secondary N) is 1. The predicted molar refractivity (Wildman–Crippen MR) is 57.7 cm³/mol. The second-order valence-corrected chi connectivity index (χ2v) is 4.02. The summed E-state index contributed by atoms with van der Waals surface area (Å²) in [5.41, 5.74) is 1.26. The van der Waals surface area contributed by atoms with Crippen LogP contribution in [0.1, 0.15) is 18.4 Å². The van der Waals surface area contributed by atoms with E-state index in [1.807, 2.05) is 18.2 Å². The maximum absolute atomic E-state index is 10.7. The summed E-state index contributed by atoms with van der Waals surface area (Å²) in [6.45, 7) is 0. The SMILES string of the molecule is O=C(O)[C@H]1CC[C@@H](Cc2ccccc2)N1. The normalized spacial score (nSPS) is 25.3. The smallest absolute Gasteiger partial charge is 0.320 e. The Kier molecular flexibility index (Phi) is 3.02. The lowest BCUT2D eigenvalue weighted by atomic mass is 10.0. The highest BCUT2D eigenvalue weighted by atomic mass is 16.4. The van der Waals surface area contributed by atoms with E-state index >= 15 is 0 Å². The molecule has 80 valence electrons. The van der Waals surface area contributed by atoms with Crippen LogP contribution in [0.15, 0.2) is 30.3 Å². The summed E-state index contributed by atoms with van der Waals surface area (Å²) in [7, 11) is 0. The van der Waals surface area contributed by atoms with Gasteiger partial charge in [-0.3, -0.25) is 4.79 Å². The third-order valence-electron chi connectivity index (χ3n) is 2.86. The number of carboxylic acid groups (broad SMARTS) is 1. The molecule has 1 aromatic rings. The molecular formula is C12H15NO2. The van der Waals surface area contributed by atoms with Gasteiger partial charge in [0.2, 0.25) is 0 Å². The van der Waals surface area contributed by atoms with Crippen molar-refractivity contribution >= 4 is 5.97 Å². The number of carbonyl (C=O) groups is 1. The van der Waals surface area contributed by atoms with Crippen molar-refractivity contribution < 1.29 is 9.90 Å². The van der Waals surface area contributed by atoms with Crippen molar-refractivity contribution in [1.82, 2.24) is 5.32 Å². The minimum atomic E-state index is -0.731. The lowest BCUT2D eigenvalue weighted by Gasteiger charge is -2.11. The van der Waals surface area contributed by atoms with Crippen LogP contribution in [0.4, 0.5) is 0 Å². The second-order valence-electron chi connectivity index (χ2n) is 4.02. The van der Waals surface area contributed by atoms with Crippen LogP contribution in [0.25, 0.3) is 0 Å². The number of benzene rings is 1. The molecule has 3 nitrogen and oxygen atoms in total. The Hall–Kier alpha value is -1.35. The van der Waals surface area contributed by atoms with Crippen molar-refractivity contribution in [2.45, 2.75) is 31.3 Å². The Labute approximate surface area is 89.1 Å². The van der Waals surface area contributed by atoms with E-state index < -0.39 is 5.97 Å². The molecule has 3 heteroatoms. The molecule has 2 N–H and O–H groups in total. The van der Waals surface area contributed by atoms with Gasteiger partial charge in [0, 0.05) is 6.04 Å². The second kappa shape index (κ2) is 4.45. The molecule has 0 spiro atoms. The van der Waals surface area contributed by atoms with Gasteiger partial charge in [0.15, 0.2) is 0 Å². The highest BCUT2D eigenvalue weighted by Gasteiger charge is 2.28. The Balaban J connectivity index is 1.90. The monoisotopic (exact) mass is 205 g/mol. The first-order valence-electron chi connectivity index (χ1n) is 5.28. The van der Waals surface area contributed by atoms with Crippen molar-refractivity contribution in [3.05, 3.63) is 35.9 Å². The maximum atomic E-state index is 10.7. The highest BCUT2D eigenvalue weighted by molar-refractivity contribution is 5.73. The zero-order valence-electron chi connectivity index (χ0n) is 8.52. The summed E-state index contributed by atoms with van der Waals surface area (Å²) in [5.74, 6) is -0.731. The Morgan fingerprint density at radius 1 is 1.33 bits per heavy atom. The maximum Gasteiger partial charge on any atom is 0.320 e. The van der Waals surface area contributed by atoms with Crippen molar-refractivity contribution in [2.24, 2.45) is 0 Å². The van der Waals surface area contributed by atoms with Gasteiger partial charge in [-0.2, -0.15) is 0 Å². The molecule has 1 aromatic carbocycles.